The molecule has 0 aromatic carbocycles. The van der Waals surface area contributed by atoms with Crippen LogP contribution in [0.25, 0.3) is 0 Å². The van der Waals surface area contributed by atoms with Crippen LogP contribution in [-0.2, 0) is 12.8 Å². The molecule has 4 rings (SSSR count). The molecular formula is C22H29N5. The third-order valence-corrected chi connectivity index (χ3v) is 5.74. The summed E-state index contributed by atoms with van der Waals surface area (Å²) in [6, 6.07) is 4.28. The zero-order valence-electron chi connectivity index (χ0n) is 16.6. The van der Waals surface area contributed by atoms with E-state index in [9.17, 15) is 0 Å². The summed E-state index contributed by atoms with van der Waals surface area (Å²) in [5.74, 6) is 1.07. The quantitative estimate of drug-likeness (QED) is 0.592. The zero-order chi connectivity index (χ0) is 18.9. The van der Waals surface area contributed by atoms with E-state index in [1.54, 1.807) is 0 Å². The Balaban J connectivity index is 1.83. The Kier molecular flexibility index (Phi) is 4.85. The Hall–Kier alpha value is -2.43. The average Bonchev–Trinajstić information content (AvgIpc) is 2.71. The first-order chi connectivity index (χ1) is 13.1. The lowest BCUT2D eigenvalue weighted by atomic mass is 10.0. The molecule has 5 nitrogen and oxygen atoms in total. The average molecular weight is 364 g/mol. The second-order valence-corrected chi connectivity index (χ2v) is 8.10. The minimum absolute atomic E-state index is 0.107. The molecule has 0 bridgehead atoms. The Bertz CT molecular complexity index is 783. The van der Waals surface area contributed by atoms with Gasteiger partial charge in [-0.15, -0.1) is 0 Å². The van der Waals surface area contributed by atoms with E-state index in [4.69, 9.17) is 4.99 Å². The third kappa shape index (κ3) is 3.55. The number of hydrogen-bond donors (Lipinski definition) is 0. The number of aromatic nitrogens is 2. The van der Waals surface area contributed by atoms with Crippen LogP contribution in [0.15, 0.2) is 41.9 Å². The second kappa shape index (κ2) is 7.29. The largest absolute Gasteiger partial charge is 0.312 e. The number of nitrogens with zero attached hydrogens (tertiary/aromatic N) is 5. The van der Waals surface area contributed by atoms with Gasteiger partial charge in [0.2, 0.25) is 5.96 Å². The van der Waals surface area contributed by atoms with Gasteiger partial charge in [0.1, 0.15) is 0 Å². The first kappa shape index (κ1) is 18.0. The smallest absolute Gasteiger partial charge is 0.206 e. The van der Waals surface area contributed by atoms with Crippen LogP contribution in [0, 0.1) is 0 Å². The van der Waals surface area contributed by atoms with Crippen molar-refractivity contribution in [3.05, 3.63) is 48.0 Å². The molecule has 4 heterocycles. The fourth-order valence-electron chi connectivity index (χ4n) is 3.88. The molecule has 0 aliphatic carbocycles. The lowest BCUT2D eigenvalue weighted by molar-refractivity contribution is 0.501. The molecule has 5 heteroatoms. The normalized spacial score (nSPS) is 16.6. The zero-order valence-corrected chi connectivity index (χ0v) is 16.6. The summed E-state index contributed by atoms with van der Waals surface area (Å²) < 4.78 is 0. The molecule has 0 fully saturated rings. The van der Waals surface area contributed by atoms with Crippen molar-refractivity contribution in [2.75, 3.05) is 22.9 Å². The number of anilines is 2. The molecule has 0 radical (unpaired) electrons. The molecule has 0 saturated heterocycles. The Labute approximate surface area is 162 Å². The first-order valence-electron chi connectivity index (χ1n) is 10.1. The van der Waals surface area contributed by atoms with Gasteiger partial charge in [0.25, 0.3) is 0 Å². The molecular weight excluding hydrogens is 334 g/mol. The summed E-state index contributed by atoms with van der Waals surface area (Å²) in [6.07, 6.45) is 13.3. The molecule has 142 valence electrons. The number of hydrogen-bond acceptors (Lipinski definition) is 3. The lowest BCUT2D eigenvalue weighted by Crippen LogP contribution is -2.50. The van der Waals surface area contributed by atoms with Gasteiger partial charge in [0, 0.05) is 37.9 Å². The fourth-order valence-corrected chi connectivity index (χ4v) is 3.88. The van der Waals surface area contributed by atoms with Gasteiger partial charge in [0.15, 0.2) is 0 Å². The molecule has 2 aliphatic heterocycles. The van der Waals surface area contributed by atoms with Gasteiger partial charge in [-0.25, -0.2) is 4.99 Å². The van der Waals surface area contributed by atoms with Gasteiger partial charge in [-0.2, -0.15) is 0 Å². The van der Waals surface area contributed by atoms with Gasteiger partial charge >= 0.3 is 0 Å². The van der Waals surface area contributed by atoms with Crippen LogP contribution in [0.1, 0.15) is 51.2 Å². The molecule has 0 saturated carbocycles. The van der Waals surface area contributed by atoms with Crippen molar-refractivity contribution in [2.45, 2.75) is 58.4 Å². The maximum atomic E-state index is 5.30. The molecule has 2 aliphatic rings. The van der Waals surface area contributed by atoms with E-state index >= 15 is 0 Å². The van der Waals surface area contributed by atoms with Crippen LogP contribution in [0.2, 0.25) is 0 Å². The number of aryl methyl sites for hydroxylation is 2. The standard InChI is InChI=1S/C22H29N5/c1-4-22(2,3)25-21(26-13-5-7-17-15-23-11-9-19(17)26)27-14-6-8-18-16-24-12-10-20(18)27/h9-12,15-16H,4-8,13-14H2,1-3H3. The van der Waals surface area contributed by atoms with E-state index in [1.165, 1.54) is 22.5 Å². The molecule has 2 aromatic rings. The number of fused-ring (bicyclic) bond motifs is 2. The summed E-state index contributed by atoms with van der Waals surface area (Å²) in [7, 11) is 0. The lowest BCUT2D eigenvalue weighted by Gasteiger charge is -2.41. The molecule has 0 N–H and O–H groups in total. The van der Waals surface area contributed by atoms with Crippen molar-refractivity contribution < 1.29 is 0 Å². The van der Waals surface area contributed by atoms with Crippen LogP contribution in [-0.4, -0.2) is 34.6 Å². The van der Waals surface area contributed by atoms with Crippen molar-refractivity contribution in [2.24, 2.45) is 4.99 Å². The summed E-state index contributed by atoms with van der Waals surface area (Å²) in [4.78, 5) is 18.8. The molecule has 0 spiro atoms. The van der Waals surface area contributed by atoms with Crippen LogP contribution in [0.3, 0.4) is 0 Å². The maximum Gasteiger partial charge on any atom is 0.206 e. The van der Waals surface area contributed by atoms with Crippen molar-refractivity contribution in [1.82, 2.24) is 9.97 Å². The van der Waals surface area contributed by atoms with E-state index in [-0.39, 0.29) is 5.54 Å². The van der Waals surface area contributed by atoms with E-state index in [0.717, 1.165) is 51.2 Å². The van der Waals surface area contributed by atoms with Crippen molar-refractivity contribution >= 4 is 17.3 Å². The number of rotatable bonds is 2. The number of aliphatic imine (C=N–C) groups is 1. The van der Waals surface area contributed by atoms with Gasteiger partial charge < -0.3 is 9.80 Å². The molecule has 27 heavy (non-hydrogen) atoms. The highest BCUT2D eigenvalue weighted by Gasteiger charge is 2.30. The monoisotopic (exact) mass is 363 g/mol. The predicted molar refractivity (Wildman–Crippen MR) is 112 cm³/mol. The molecule has 2 aromatic heterocycles. The van der Waals surface area contributed by atoms with Gasteiger partial charge in [-0.1, -0.05) is 6.92 Å². The van der Waals surface area contributed by atoms with Crippen LogP contribution in [0.5, 0.6) is 0 Å². The summed E-state index contributed by atoms with van der Waals surface area (Å²) in [5.41, 5.74) is 5.03. The van der Waals surface area contributed by atoms with Crippen molar-refractivity contribution in [1.29, 1.82) is 0 Å². The minimum atomic E-state index is -0.107. The number of guanidine groups is 1. The van der Waals surface area contributed by atoms with Crippen molar-refractivity contribution in [3.8, 4) is 0 Å². The summed E-state index contributed by atoms with van der Waals surface area (Å²) in [6.45, 7) is 8.64. The molecule has 0 unspecified atom stereocenters. The second-order valence-electron chi connectivity index (χ2n) is 8.10. The van der Waals surface area contributed by atoms with Gasteiger partial charge in [0.05, 0.1) is 16.9 Å². The highest BCUT2D eigenvalue weighted by atomic mass is 15.4. The predicted octanol–water partition coefficient (Wildman–Crippen LogP) is 4.23. The number of pyridine rings is 2. The van der Waals surface area contributed by atoms with E-state index < -0.39 is 0 Å². The Morgan fingerprint density at radius 2 is 1.48 bits per heavy atom. The third-order valence-electron chi connectivity index (χ3n) is 5.74. The maximum absolute atomic E-state index is 5.30. The Morgan fingerprint density at radius 3 is 1.96 bits per heavy atom. The van der Waals surface area contributed by atoms with Crippen LogP contribution >= 0.6 is 0 Å². The molecule has 0 atom stereocenters. The first-order valence-corrected chi connectivity index (χ1v) is 10.1. The van der Waals surface area contributed by atoms with E-state index in [0.29, 0.717) is 0 Å². The summed E-state index contributed by atoms with van der Waals surface area (Å²) in [5, 5.41) is 0. The summed E-state index contributed by atoms with van der Waals surface area (Å²) >= 11 is 0. The highest BCUT2D eigenvalue weighted by molar-refractivity contribution is 6.08. The topological polar surface area (TPSA) is 44.6 Å². The van der Waals surface area contributed by atoms with Gasteiger partial charge in [-0.3, -0.25) is 9.97 Å². The van der Waals surface area contributed by atoms with E-state index in [1.807, 2.05) is 24.8 Å². The molecule has 0 amide bonds. The van der Waals surface area contributed by atoms with Crippen LogP contribution in [0.4, 0.5) is 11.4 Å². The Morgan fingerprint density at radius 1 is 0.963 bits per heavy atom. The van der Waals surface area contributed by atoms with Crippen molar-refractivity contribution in [3.63, 3.8) is 0 Å². The highest BCUT2D eigenvalue weighted by Crippen LogP contribution is 2.33. The fraction of sp³-hybridized carbons (Fsp3) is 0.500. The van der Waals surface area contributed by atoms with E-state index in [2.05, 4.69) is 52.7 Å². The van der Waals surface area contributed by atoms with Crippen LogP contribution < -0.4 is 9.80 Å². The minimum Gasteiger partial charge on any atom is -0.312 e. The van der Waals surface area contributed by atoms with Gasteiger partial charge in [-0.05, 0) is 69.2 Å². The SMILES string of the molecule is CCC(C)(C)N=C(N1CCCc2cnccc21)N1CCCc2cnccc21.